The molecule has 1 atom stereocenters. The first-order valence-electron chi connectivity index (χ1n) is 10.3. The summed E-state index contributed by atoms with van der Waals surface area (Å²) in [5.41, 5.74) is 3.76. The molecule has 0 bridgehead atoms. The van der Waals surface area contributed by atoms with Crippen molar-refractivity contribution in [2.45, 2.75) is 6.42 Å². The van der Waals surface area contributed by atoms with Crippen LogP contribution in [0.25, 0.3) is 22.6 Å². The molecule has 1 unspecified atom stereocenters. The second-order valence-corrected chi connectivity index (χ2v) is 7.66. The van der Waals surface area contributed by atoms with E-state index in [9.17, 15) is 9.59 Å². The molecule has 0 saturated carbocycles. The van der Waals surface area contributed by atoms with Gasteiger partial charge in [0.15, 0.2) is 5.58 Å². The normalized spacial score (nSPS) is 15.8. The number of methoxy groups -OCH3 is 1. The highest BCUT2D eigenvalue weighted by Gasteiger charge is 2.35. The van der Waals surface area contributed by atoms with Crippen LogP contribution < -0.4 is 15.0 Å². The van der Waals surface area contributed by atoms with Gasteiger partial charge in [-0.3, -0.25) is 9.59 Å². The predicted molar refractivity (Wildman–Crippen MR) is 122 cm³/mol. The predicted octanol–water partition coefficient (Wildman–Crippen LogP) is 4.50. The van der Waals surface area contributed by atoms with Crippen LogP contribution in [-0.2, 0) is 9.59 Å². The zero-order valence-electron chi connectivity index (χ0n) is 17.4. The van der Waals surface area contributed by atoms with E-state index in [0.717, 1.165) is 28.1 Å². The minimum Gasteiger partial charge on any atom is -0.497 e. The molecular formula is C25H21N3O4. The highest BCUT2D eigenvalue weighted by atomic mass is 16.5. The second kappa shape index (κ2) is 8.19. The Balaban J connectivity index is 1.25. The lowest BCUT2D eigenvalue weighted by Crippen LogP contribution is -2.28. The van der Waals surface area contributed by atoms with Gasteiger partial charge in [-0.25, -0.2) is 4.98 Å². The molecule has 0 aliphatic carbocycles. The Kier molecular flexibility index (Phi) is 5.07. The molecule has 32 heavy (non-hydrogen) atoms. The van der Waals surface area contributed by atoms with Crippen LogP contribution in [0.5, 0.6) is 5.75 Å². The summed E-state index contributed by atoms with van der Waals surface area (Å²) >= 11 is 0. The van der Waals surface area contributed by atoms with Crippen molar-refractivity contribution in [3.8, 4) is 17.2 Å². The van der Waals surface area contributed by atoms with Crippen LogP contribution in [0.4, 0.5) is 11.4 Å². The molecule has 1 aromatic heterocycles. The highest BCUT2D eigenvalue weighted by Crippen LogP contribution is 2.28. The fourth-order valence-electron chi connectivity index (χ4n) is 3.83. The SMILES string of the molecule is COc1ccc(N2CC(C(=O)Nc3ccc(-c4nc5ccccc5o4)cc3)CC2=O)cc1. The number of nitrogens with one attached hydrogen (secondary N) is 1. The Morgan fingerprint density at radius 1 is 1.06 bits per heavy atom. The first-order chi connectivity index (χ1) is 15.6. The zero-order valence-corrected chi connectivity index (χ0v) is 17.4. The van der Waals surface area contributed by atoms with E-state index >= 15 is 0 Å². The van der Waals surface area contributed by atoms with Crippen molar-refractivity contribution >= 4 is 34.3 Å². The monoisotopic (exact) mass is 427 g/mol. The maximum absolute atomic E-state index is 12.8. The number of para-hydroxylation sites is 2. The van der Waals surface area contributed by atoms with Crippen molar-refractivity contribution in [2.75, 3.05) is 23.9 Å². The van der Waals surface area contributed by atoms with Crippen molar-refractivity contribution in [2.24, 2.45) is 5.92 Å². The van der Waals surface area contributed by atoms with E-state index in [1.54, 1.807) is 36.3 Å². The van der Waals surface area contributed by atoms with E-state index in [1.807, 2.05) is 48.5 Å². The van der Waals surface area contributed by atoms with Gasteiger partial charge in [0.2, 0.25) is 17.7 Å². The van der Waals surface area contributed by atoms with Crippen LogP contribution in [0.1, 0.15) is 6.42 Å². The number of fused-ring (bicyclic) bond motifs is 1. The summed E-state index contributed by atoms with van der Waals surface area (Å²) in [7, 11) is 1.59. The Labute approximate surface area is 184 Å². The van der Waals surface area contributed by atoms with Crippen molar-refractivity contribution in [3.63, 3.8) is 0 Å². The van der Waals surface area contributed by atoms with Gasteiger partial charge in [0.25, 0.3) is 0 Å². The van der Waals surface area contributed by atoms with Crippen LogP contribution in [0.15, 0.2) is 77.2 Å². The van der Waals surface area contributed by atoms with Crippen LogP contribution >= 0.6 is 0 Å². The van der Waals surface area contributed by atoms with Gasteiger partial charge in [-0.05, 0) is 60.7 Å². The molecule has 7 nitrogen and oxygen atoms in total. The second-order valence-electron chi connectivity index (χ2n) is 7.66. The minimum absolute atomic E-state index is 0.0679. The summed E-state index contributed by atoms with van der Waals surface area (Å²) < 4.78 is 10.9. The number of anilines is 2. The van der Waals surface area contributed by atoms with Gasteiger partial charge < -0.3 is 19.4 Å². The molecule has 0 spiro atoms. The number of benzene rings is 3. The number of hydrogen-bond donors (Lipinski definition) is 1. The lowest BCUT2D eigenvalue weighted by atomic mass is 10.1. The molecule has 5 rings (SSSR count). The average molecular weight is 427 g/mol. The molecule has 1 N–H and O–H groups in total. The molecule has 2 amide bonds. The van der Waals surface area contributed by atoms with Gasteiger partial charge in [0, 0.05) is 29.9 Å². The number of carbonyl (C=O) groups is 2. The molecule has 1 saturated heterocycles. The summed E-state index contributed by atoms with van der Waals surface area (Å²) in [5, 5.41) is 2.91. The number of amides is 2. The third-order valence-corrected chi connectivity index (χ3v) is 5.57. The number of nitrogens with zero attached hydrogens (tertiary/aromatic N) is 2. The van der Waals surface area contributed by atoms with E-state index in [2.05, 4.69) is 10.3 Å². The van der Waals surface area contributed by atoms with Gasteiger partial charge >= 0.3 is 0 Å². The average Bonchev–Trinajstić information content (AvgIpc) is 3.43. The lowest BCUT2D eigenvalue weighted by Gasteiger charge is -2.17. The molecule has 1 aliphatic rings. The number of ether oxygens (including phenoxy) is 1. The third kappa shape index (κ3) is 3.80. The summed E-state index contributed by atoms with van der Waals surface area (Å²) in [4.78, 5) is 31.4. The van der Waals surface area contributed by atoms with Gasteiger partial charge in [-0.15, -0.1) is 0 Å². The maximum Gasteiger partial charge on any atom is 0.229 e. The first-order valence-corrected chi connectivity index (χ1v) is 10.3. The van der Waals surface area contributed by atoms with Crippen LogP contribution in [0.2, 0.25) is 0 Å². The Morgan fingerprint density at radius 2 is 1.81 bits per heavy atom. The molecule has 0 radical (unpaired) electrons. The fraction of sp³-hybridized carbons (Fsp3) is 0.160. The maximum atomic E-state index is 12.8. The Morgan fingerprint density at radius 3 is 2.53 bits per heavy atom. The van der Waals surface area contributed by atoms with Crippen LogP contribution in [0, 0.1) is 5.92 Å². The van der Waals surface area contributed by atoms with E-state index in [0.29, 0.717) is 18.1 Å². The number of carbonyl (C=O) groups excluding carboxylic acids is 2. The standard InChI is InChI=1S/C25H21N3O4/c1-31-20-12-10-19(11-13-20)28-15-17(14-23(28)29)24(30)26-18-8-6-16(7-9-18)25-27-21-4-2-3-5-22(21)32-25/h2-13,17H,14-15H2,1H3,(H,26,30). The molecular weight excluding hydrogens is 406 g/mol. The van der Waals surface area contributed by atoms with Crippen LogP contribution in [-0.4, -0.2) is 30.5 Å². The molecule has 1 aliphatic heterocycles. The van der Waals surface area contributed by atoms with E-state index in [4.69, 9.17) is 9.15 Å². The summed E-state index contributed by atoms with van der Waals surface area (Å²) in [6.07, 6.45) is 0.179. The van der Waals surface area contributed by atoms with Crippen molar-refractivity contribution in [1.82, 2.24) is 4.98 Å². The number of aromatic nitrogens is 1. The minimum atomic E-state index is -0.415. The Hall–Kier alpha value is -4.13. The molecule has 7 heteroatoms. The highest BCUT2D eigenvalue weighted by molar-refractivity contribution is 6.03. The van der Waals surface area contributed by atoms with Gasteiger partial charge in [0.1, 0.15) is 11.3 Å². The number of oxazole rings is 1. The topological polar surface area (TPSA) is 84.7 Å². The molecule has 1 fully saturated rings. The summed E-state index contributed by atoms with van der Waals surface area (Å²) in [6.45, 7) is 0.345. The van der Waals surface area contributed by atoms with E-state index < -0.39 is 5.92 Å². The van der Waals surface area contributed by atoms with Gasteiger partial charge in [0.05, 0.1) is 13.0 Å². The molecule has 160 valence electrons. The van der Waals surface area contributed by atoms with E-state index in [1.165, 1.54) is 0 Å². The van der Waals surface area contributed by atoms with Crippen LogP contribution in [0.3, 0.4) is 0 Å². The lowest BCUT2D eigenvalue weighted by molar-refractivity contribution is -0.122. The molecule has 2 heterocycles. The van der Waals surface area contributed by atoms with Gasteiger partial charge in [-0.1, -0.05) is 12.1 Å². The van der Waals surface area contributed by atoms with Crippen molar-refractivity contribution in [1.29, 1.82) is 0 Å². The quantitative estimate of drug-likeness (QED) is 0.507. The largest absolute Gasteiger partial charge is 0.497 e. The zero-order chi connectivity index (χ0) is 22.1. The number of rotatable bonds is 5. The third-order valence-electron chi connectivity index (χ3n) is 5.57. The van der Waals surface area contributed by atoms with Crippen molar-refractivity contribution < 1.29 is 18.7 Å². The van der Waals surface area contributed by atoms with Crippen molar-refractivity contribution in [3.05, 3.63) is 72.8 Å². The smallest absolute Gasteiger partial charge is 0.229 e. The fourth-order valence-corrected chi connectivity index (χ4v) is 3.83. The first kappa shape index (κ1) is 19.8. The Bertz CT molecular complexity index is 1250. The summed E-state index contributed by atoms with van der Waals surface area (Å²) in [6, 6.07) is 22.1. The number of hydrogen-bond acceptors (Lipinski definition) is 5. The molecule has 4 aromatic rings. The summed E-state index contributed by atoms with van der Waals surface area (Å²) in [5.74, 6) is 0.587. The molecule has 3 aromatic carbocycles. The van der Waals surface area contributed by atoms with Gasteiger partial charge in [-0.2, -0.15) is 0 Å². The van der Waals surface area contributed by atoms with E-state index in [-0.39, 0.29) is 18.2 Å².